The van der Waals surface area contributed by atoms with Gasteiger partial charge in [-0.25, -0.2) is 0 Å². The van der Waals surface area contributed by atoms with Crippen LogP contribution in [0.3, 0.4) is 0 Å². The summed E-state index contributed by atoms with van der Waals surface area (Å²) in [6.45, 7) is 4.14. The normalized spacial score (nSPS) is 11.5. The van der Waals surface area contributed by atoms with Gasteiger partial charge >= 0.3 is 5.97 Å². The summed E-state index contributed by atoms with van der Waals surface area (Å²) < 4.78 is 21.3. The number of para-hydroxylation sites is 2. The largest absolute Gasteiger partial charge is 0.467 e. The van der Waals surface area contributed by atoms with Crippen LogP contribution in [0.4, 0.5) is 5.69 Å². The molecule has 0 saturated heterocycles. The van der Waals surface area contributed by atoms with E-state index in [9.17, 15) is 9.59 Å². The fourth-order valence-corrected chi connectivity index (χ4v) is 4.12. The van der Waals surface area contributed by atoms with E-state index < -0.39 is 11.9 Å². The Hall–Kier alpha value is -3.68. The summed E-state index contributed by atoms with van der Waals surface area (Å²) in [6, 6.07) is 27.3. The zero-order valence-corrected chi connectivity index (χ0v) is 22.2. The van der Waals surface area contributed by atoms with Crippen molar-refractivity contribution in [1.82, 2.24) is 0 Å². The second-order valence-electron chi connectivity index (χ2n) is 8.71. The number of carbonyl (C=O) groups excluding carboxylic acids is 2. The lowest BCUT2D eigenvalue weighted by Gasteiger charge is -2.26. The summed E-state index contributed by atoms with van der Waals surface area (Å²) in [7, 11) is 1.59. The summed E-state index contributed by atoms with van der Waals surface area (Å²) >= 11 is 0. The molecule has 0 spiro atoms. The smallest absolute Gasteiger partial charge is 0.316 e. The van der Waals surface area contributed by atoms with Crippen molar-refractivity contribution >= 4 is 17.4 Å². The zero-order chi connectivity index (χ0) is 27.0. The van der Waals surface area contributed by atoms with E-state index in [1.807, 2.05) is 36.4 Å². The molecule has 0 heterocycles. The predicted molar refractivity (Wildman–Crippen MR) is 147 cm³/mol. The molecular weight excluding hydrogens is 482 g/mol. The highest BCUT2D eigenvalue weighted by Crippen LogP contribution is 2.26. The lowest BCUT2D eigenvalue weighted by Crippen LogP contribution is -2.29. The molecule has 1 atom stereocenters. The molecule has 0 fully saturated rings. The van der Waals surface area contributed by atoms with Gasteiger partial charge in [-0.2, -0.15) is 0 Å². The molecule has 202 valence electrons. The van der Waals surface area contributed by atoms with E-state index in [4.69, 9.17) is 18.9 Å². The van der Waals surface area contributed by atoms with Crippen LogP contribution < -0.4 is 9.64 Å². The Morgan fingerprint density at radius 1 is 0.868 bits per heavy atom. The van der Waals surface area contributed by atoms with Crippen molar-refractivity contribution in [2.45, 2.75) is 26.3 Å². The van der Waals surface area contributed by atoms with Gasteiger partial charge in [-0.05, 0) is 49.6 Å². The molecule has 7 heteroatoms. The van der Waals surface area contributed by atoms with E-state index in [2.05, 4.69) is 29.2 Å². The highest BCUT2D eigenvalue weighted by molar-refractivity contribution is 6.10. The van der Waals surface area contributed by atoms with Gasteiger partial charge in [0, 0.05) is 25.9 Å². The second kappa shape index (κ2) is 16.2. The summed E-state index contributed by atoms with van der Waals surface area (Å²) in [4.78, 5) is 28.8. The first kappa shape index (κ1) is 28.9. The monoisotopic (exact) mass is 519 g/mol. The minimum Gasteiger partial charge on any atom is -0.467 e. The number of ketones is 1. The van der Waals surface area contributed by atoms with Crippen molar-refractivity contribution in [1.29, 1.82) is 0 Å². The Morgan fingerprint density at radius 2 is 1.55 bits per heavy atom. The molecule has 0 aromatic heterocycles. The van der Waals surface area contributed by atoms with Crippen LogP contribution in [0.15, 0.2) is 84.9 Å². The molecule has 0 aliphatic carbocycles. The van der Waals surface area contributed by atoms with E-state index in [-0.39, 0.29) is 19.2 Å². The SMILES string of the molecule is CCOC(=O)C(CCCN(Cc1ccccc1)c1ccccc1)C(=O)c1ccccc1OCOCCOC. The van der Waals surface area contributed by atoms with Crippen LogP contribution in [-0.2, 0) is 25.5 Å². The molecule has 0 N–H and O–H groups in total. The van der Waals surface area contributed by atoms with Gasteiger partial charge in [0.25, 0.3) is 0 Å². The Morgan fingerprint density at radius 3 is 2.26 bits per heavy atom. The van der Waals surface area contributed by atoms with Crippen LogP contribution in [0, 0.1) is 5.92 Å². The van der Waals surface area contributed by atoms with Gasteiger partial charge in [-0.1, -0.05) is 60.7 Å². The van der Waals surface area contributed by atoms with Crippen molar-refractivity contribution in [3.63, 3.8) is 0 Å². The van der Waals surface area contributed by atoms with E-state index in [1.165, 1.54) is 5.56 Å². The lowest BCUT2D eigenvalue weighted by atomic mass is 9.92. The molecule has 0 aliphatic rings. The van der Waals surface area contributed by atoms with Crippen LogP contribution in [-0.4, -0.2) is 52.0 Å². The van der Waals surface area contributed by atoms with Gasteiger partial charge in [0.15, 0.2) is 12.6 Å². The quantitative estimate of drug-likeness (QED) is 0.0763. The molecule has 0 bridgehead atoms. The number of rotatable bonds is 17. The van der Waals surface area contributed by atoms with Gasteiger partial charge in [-0.3, -0.25) is 9.59 Å². The maximum absolute atomic E-state index is 13.6. The average molecular weight is 520 g/mol. The minimum absolute atomic E-state index is 0.0246. The van der Waals surface area contributed by atoms with Crippen molar-refractivity contribution in [3.05, 3.63) is 96.1 Å². The first-order valence-electron chi connectivity index (χ1n) is 13.0. The van der Waals surface area contributed by atoms with Crippen LogP contribution in [0.2, 0.25) is 0 Å². The number of nitrogens with zero attached hydrogens (tertiary/aromatic N) is 1. The Kier molecular flexibility index (Phi) is 12.3. The number of esters is 1. The molecule has 0 saturated carbocycles. The molecule has 3 aromatic carbocycles. The average Bonchev–Trinajstić information content (AvgIpc) is 2.95. The number of hydrogen-bond donors (Lipinski definition) is 0. The van der Waals surface area contributed by atoms with Gasteiger partial charge in [0.2, 0.25) is 0 Å². The zero-order valence-electron chi connectivity index (χ0n) is 22.2. The molecule has 0 aliphatic heterocycles. The number of benzene rings is 3. The first-order chi connectivity index (χ1) is 18.6. The topological polar surface area (TPSA) is 74.3 Å². The van der Waals surface area contributed by atoms with E-state index in [0.717, 1.165) is 12.2 Å². The molecule has 0 radical (unpaired) electrons. The van der Waals surface area contributed by atoms with E-state index >= 15 is 0 Å². The molecule has 7 nitrogen and oxygen atoms in total. The summed E-state index contributed by atoms with van der Waals surface area (Å²) in [5.74, 6) is -1.38. The van der Waals surface area contributed by atoms with Gasteiger partial charge in [0.05, 0.1) is 25.4 Å². The Labute approximate surface area is 225 Å². The fourth-order valence-electron chi connectivity index (χ4n) is 4.12. The molecule has 1 unspecified atom stereocenters. The van der Waals surface area contributed by atoms with Gasteiger partial charge in [0.1, 0.15) is 11.7 Å². The second-order valence-corrected chi connectivity index (χ2v) is 8.71. The summed E-state index contributed by atoms with van der Waals surface area (Å²) in [6.07, 6.45) is 0.981. The fraction of sp³-hybridized carbons (Fsp3) is 0.355. The maximum Gasteiger partial charge on any atom is 0.316 e. The number of Topliss-reactive ketones (excluding diaryl/α,β-unsaturated/α-hetero) is 1. The van der Waals surface area contributed by atoms with Crippen molar-refractivity contribution in [2.75, 3.05) is 45.2 Å². The molecular formula is C31H37NO6. The maximum atomic E-state index is 13.6. The first-order valence-corrected chi connectivity index (χ1v) is 13.0. The van der Waals surface area contributed by atoms with Crippen molar-refractivity contribution < 1.29 is 28.5 Å². The van der Waals surface area contributed by atoms with E-state index in [0.29, 0.717) is 43.9 Å². The number of methoxy groups -OCH3 is 1. The third-order valence-corrected chi connectivity index (χ3v) is 6.03. The standard InChI is InChI=1S/C31H37NO6/c1-3-37-31(34)28(30(33)27-17-10-11-19-29(27)38-24-36-22-21-35-2)18-12-20-32(26-15-8-5-9-16-26)23-25-13-6-4-7-14-25/h4-11,13-17,19,28H,3,12,18,20-24H2,1-2H3. The highest BCUT2D eigenvalue weighted by Gasteiger charge is 2.30. The third kappa shape index (κ3) is 9.01. The molecule has 0 amide bonds. The summed E-state index contributed by atoms with van der Waals surface area (Å²) in [5.41, 5.74) is 2.61. The van der Waals surface area contributed by atoms with Crippen molar-refractivity contribution in [2.24, 2.45) is 5.92 Å². The predicted octanol–water partition coefficient (Wildman–Crippen LogP) is 5.53. The van der Waals surface area contributed by atoms with Gasteiger partial charge in [-0.15, -0.1) is 0 Å². The van der Waals surface area contributed by atoms with Gasteiger partial charge < -0.3 is 23.8 Å². The van der Waals surface area contributed by atoms with Crippen LogP contribution >= 0.6 is 0 Å². The lowest BCUT2D eigenvalue weighted by molar-refractivity contribution is -0.146. The van der Waals surface area contributed by atoms with Crippen molar-refractivity contribution in [3.8, 4) is 5.75 Å². The number of ether oxygens (including phenoxy) is 4. The molecule has 38 heavy (non-hydrogen) atoms. The Bertz CT molecular complexity index is 1110. The third-order valence-electron chi connectivity index (χ3n) is 6.03. The molecule has 3 rings (SSSR count). The minimum atomic E-state index is -0.927. The van der Waals surface area contributed by atoms with Crippen LogP contribution in [0.5, 0.6) is 5.75 Å². The van der Waals surface area contributed by atoms with E-state index in [1.54, 1.807) is 38.3 Å². The summed E-state index contributed by atoms with van der Waals surface area (Å²) in [5, 5.41) is 0. The number of carbonyl (C=O) groups is 2. The van der Waals surface area contributed by atoms with Crippen LogP contribution in [0.1, 0.15) is 35.7 Å². The van der Waals surface area contributed by atoms with Crippen LogP contribution in [0.25, 0.3) is 0 Å². The Balaban J connectivity index is 1.71. The number of anilines is 1. The molecule has 3 aromatic rings. The number of hydrogen-bond acceptors (Lipinski definition) is 7. The highest BCUT2D eigenvalue weighted by atomic mass is 16.7.